The molecule has 2 saturated carbocycles. The topological polar surface area (TPSA) is 117 Å². The first-order valence-electron chi connectivity index (χ1n) is 12.6. The average molecular weight is 450 g/mol. The van der Waals surface area contributed by atoms with Gasteiger partial charge in [-0.25, -0.2) is 0 Å². The number of nitrogens with two attached hydrogens (primary N) is 2. The Hall–Kier alpha value is -1.70. The van der Waals surface area contributed by atoms with Gasteiger partial charge in [-0.05, 0) is 69.6 Å². The molecule has 7 atom stereocenters. The van der Waals surface area contributed by atoms with Crippen molar-refractivity contribution < 1.29 is 14.0 Å². The Labute approximate surface area is 190 Å². The molecule has 5 N–H and O–H groups in total. The summed E-state index contributed by atoms with van der Waals surface area (Å²) in [6.45, 7) is 1.68. The molecule has 180 valence electrons. The molecule has 2 heterocycles. The zero-order chi connectivity index (χ0) is 22.8. The molecule has 7 nitrogen and oxygen atoms in total. The summed E-state index contributed by atoms with van der Waals surface area (Å²) in [5, 5.41) is 7.97. The summed E-state index contributed by atoms with van der Waals surface area (Å²) >= 11 is 0. The second kappa shape index (κ2) is 10.1. The largest absolute Gasteiger partial charge is 0.387 e. The molecule has 2 aliphatic carbocycles. The summed E-state index contributed by atoms with van der Waals surface area (Å²) in [5.41, 5.74) is 11.5. The molecule has 8 heteroatoms. The monoisotopic (exact) mass is 449 g/mol. The van der Waals surface area contributed by atoms with Crippen molar-refractivity contribution in [3.05, 3.63) is 0 Å². The van der Waals surface area contributed by atoms with Gasteiger partial charge in [0.25, 0.3) is 0 Å². The second-order valence-electron chi connectivity index (χ2n) is 10.8. The number of likely N-dealkylation sites (tertiary alicyclic amines) is 2. The number of piperidine rings is 1. The van der Waals surface area contributed by atoms with E-state index >= 15 is 0 Å². The Morgan fingerprint density at radius 1 is 0.938 bits per heavy atom. The van der Waals surface area contributed by atoms with Gasteiger partial charge < -0.3 is 16.4 Å². The highest BCUT2D eigenvalue weighted by molar-refractivity contribution is 5.83. The summed E-state index contributed by atoms with van der Waals surface area (Å²) in [5.74, 6) is 0.979. The molecule has 0 aromatic rings. The van der Waals surface area contributed by atoms with Crippen molar-refractivity contribution in [1.82, 2.24) is 9.80 Å². The molecule has 2 amide bonds. The SMILES string of the molecule is N=C(N)C1CCC2CC(C(=O)N3CCC[C@@H](CF)C3)N(CC3CCCC(C(N)=O)C3)C2C1. The van der Waals surface area contributed by atoms with E-state index in [1.165, 1.54) is 0 Å². The third kappa shape index (κ3) is 4.95. The van der Waals surface area contributed by atoms with Gasteiger partial charge in [0.2, 0.25) is 11.8 Å². The zero-order valence-electron chi connectivity index (χ0n) is 19.2. The number of hydrogen-bond acceptors (Lipinski definition) is 4. The van der Waals surface area contributed by atoms with Crippen LogP contribution in [0, 0.1) is 35.0 Å². The van der Waals surface area contributed by atoms with Crippen LogP contribution >= 0.6 is 0 Å². The van der Waals surface area contributed by atoms with Crippen molar-refractivity contribution in [2.75, 3.05) is 26.3 Å². The first-order chi connectivity index (χ1) is 15.4. The van der Waals surface area contributed by atoms with Gasteiger partial charge in [-0.3, -0.25) is 24.3 Å². The van der Waals surface area contributed by atoms with E-state index in [9.17, 15) is 14.0 Å². The lowest BCUT2D eigenvalue weighted by molar-refractivity contribution is -0.139. The number of alkyl halides is 1. The van der Waals surface area contributed by atoms with E-state index in [-0.39, 0.29) is 54.2 Å². The number of hydrogen-bond donors (Lipinski definition) is 3. The average Bonchev–Trinajstić information content (AvgIpc) is 3.16. The number of amidine groups is 1. The van der Waals surface area contributed by atoms with Crippen LogP contribution in [-0.2, 0) is 9.59 Å². The molecular weight excluding hydrogens is 409 g/mol. The van der Waals surface area contributed by atoms with E-state index in [1.807, 2.05) is 4.90 Å². The van der Waals surface area contributed by atoms with Gasteiger partial charge in [0.05, 0.1) is 18.6 Å². The van der Waals surface area contributed by atoms with Gasteiger partial charge in [0.1, 0.15) is 0 Å². The van der Waals surface area contributed by atoms with Crippen LogP contribution in [0.2, 0.25) is 0 Å². The lowest BCUT2D eigenvalue weighted by atomic mass is 9.77. The van der Waals surface area contributed by atoms with Crippen molar-refractivity contribution in [3.8, 4) is 0 Å². The highest BCUT2D eigenvalue weighted by Crippen LogP contribution is 2.44. The maximum atomic E-state index is 13.7. The Bertz CT molecular complexity index is 719. The zero-order valence-corrected chi connectivity index (χ0v) is 19.2. The number of carbonyl (C=O) groups excluding carboxylic acids is 2. The molecule has 2 aliphatic heterocycles. The molecule has 4 aliphatic rings. The number of primary amides is 1. The minimum Gasteiger partial charge on any atom is -0.387 e. The van der Waals surface area contributed by atoms with Gasteiger partial charge in [-0.2, -0.15) is 0 Å². The summed E-state index contributed by atoms with van der Waals surface area (Å²) in [4.78, 5) is 29.8. The summed E-state index contributed by atoms with van der Waals surface area (Å²) in [6, 6.07) is 0.0744. The minimum absolute atomic E-state index is 0.0402. The normalized spacial score (nSPS) is 38.3. The van der Waals surface area contributed by atoms with Crippen molar-refractivity contribution in [3.63, 3.8) is 0 Å². The first kappa shape index (κ1) is 23.5. The molecule has 0 spiro atoms. The minimum atomic E-state index is -0.361. The van der Waals surface area contributed by atoms with Crippen LogP contribution in [0.25, 0.3) is 0 Å². The van der Waals surface area contributed by atoms with Gasteiger partial charge in [0.15, 0.2) is 0 Å². The smallest absolute Gasteiger partial charge is 0.239 e. The summed E-state index contributed by atoms with van der Waals surface area (Å²) < 4.78 is 13.3. The van der Waals surface area contributed by atoms with E-state index in [1.54, 1.807) is 0 Å². The number of rotatable bonds is 6. The Balaban J connectivity index is 1.52. The molecule has 0 aromatic carbocycles. The van der Waals surface area contributed by atoms with Crippen LogP contribution in [0.3, 0.4) is 0 Å². The van der Waals surface area contributed by atoms with E-state index < -0.39 is 0 Å². The number of nitrogens with one attached hydrogen (secondary N) is 1. The standard InChI is InChI=1S/C24H40FN5O2/c25-12-16-4-2-8-29(13-16)24(32)21-10-17-6-7-18(22(26)27)11-20(17)30(21)14-15-3-1-5-19(9-15)23(28)31/h15-21H,1-14H2,(H3,26,27)(H2,28,31)/t15?,16-,17?,18?,19?,20?,21?/m0/s1. The maximum Gasteiger partial charge on any atom is 0.239 e. The van der Waals surface area contributed by atoms with E-state index in [0.717, 1.165) is 77.3 Å². The fourth-order valence-electron chi connectivity index (χ4n) is 6.95. The third-order valence-corrected chi connectivity index (χ3v) is 8.74. The Kier molecular flexibility index (Phi) is 7.37. The van der Waals surface area contributed by atoms with Crippen LogP contribution in [-0.4, -0.2) is 65.8 Å². The fraction of sp³-hybridized carbons (Fsp3) is 0.875. The van der Waals surface area contributed by atoms with Gasteiger partial charge >= 0.3 is 0 Å². The molecule has 0 radical (unpaired) electrons. The molecule has 32 heavy (non-hydrogen) atoms. The highest BCUT2D eigenvalue weighted by atomic mass is 19.1. The predicted molar refractivity (Wildman–Crippen MR) is 122 cm³/mol. The lowest BCUT2D eigenvalue weighted by Gasteiger charge is -2.41. The number of amides is 2. The van der Waals surface area contributed by atoms with Crippen LogP contribution in [0.1, 0.15) is 64.2 Å². The second-order valence-corrected chi connectivity index (χ2v) is 10.8. The maximum absolute atomic E-state index is 13.7. The number of halogens is 1. The Morgan fingerprint density at radius 3 is 2.44 bits per heavy atom. The molecule has 4 rings (SSSR count). The summed E-state index contributed by atoms with van der Waals surface area (Å²) in [7, 11) is 0. The van der Waals surface area contributed by atoms with Crippen molar-refractivity contribution in [2.45, 2.75) is 76.3 Å². The Morgan fingerprint density at radius 2 is 1.72 bits per heavy atom. The van der Waals surface area contributed by atoms with Crippen molar-refractivity contribution in [2.24, 2.45) is 41.1 Å². The van der Waals surface area contributed by atoms with Crippen LogP contribution in [0.5, 0.6) is 0 Å². The fourth-order valence-corrected chi connectivity index (χ4v) is 6.95. The highest BCUT2D eigenvalue weighted by Gasteiger charge is 2.49. The van der Waals surface area contributed by atoms with E-state index in [4.69, 9.17) is 16.9 Å². The molecule has 0 bridgehead atoms. The third-order valence-electron chi connectivity index (χ3n) is 8.74. The summed E-state index contributed by atoms with van der Waals surface area (Å²) in [6.07, 6.45) is 9.05. The van der Waals surface area contributed by atoms with Crippen molar-refractivity contribution in [1.29, 1.82) is 5.41 Å². The van der Waals surface area contributed by atoms with E-state index in [0.29, 0.717) is 18.4 Å². The van der Waals surface area contributed by atoms with E-state index in [2.05, 4.69) is 4.90 Å². The predicted octanol–water partition coefficient (Wildman–Crippen LogP) is 2.28. The van der Waals surface area contributed by atoms with Gasteiger partial charge in [0, 0.05) is 43.4 Å². The number of fused-ring (bicyclic) bond motifs is 1. The molecular formula is C24H40FN5O2. The van der Waals surface area contributed by atoms with Gasteiger partial charge in [-0.1, -0.05) is 6.42 Å². The lowest BCUT2D eigenvalue weighted by Crippen LogP contribution is -2.53. The number of nitrogens with zero attached hydrogens (tertiary/aromatic N) is 2. The van der Waals surface area contributed by atoms with Crippen LogP contribution < -0.4 is 11.5 Å². The first-order valence-corrected chi connectivity index (χ1v) is 12.6. The van der Waals surface area contributed by atoms with Crippen LogP contribution in [0.15, 0.2) is 0 Å². The van der Waals surface area contributed by atoms with Crippen LogP contribution in [0.4, 0.5) is 4.39 Å². The molecule has 0 aromatic heterocycles. The number of carbonyl (C=O) groups is 2. The molecule has 2 saturated heterocycles. The quantitative estimate of drug-likeness (QED) is 0.426. The van der Waals surface area contributed by atoms with Crippen molar-refractivity contribution >= 4 is 17.6 Å². The molecule has 6 unspecified atom stereocenters. The molecule has 4 fully saturated rings. The van der Waals surface area contributed by atoms with Gasteiger partial charge in [-0.15, -0.1) is 0 Å².